The third-order valence-corrected chi connectivity index (χ3v) is 5.68. The highest BCUT2D eigenvalue weighted by molar-refractivity contribution is 5.97. The van der Waals surface area contributed by atoms with E-state index >= 15 is 0 Å². The zero-order chi connectivity index (χ0) is 23.6. The van der Waals surface area contributed by atoms with Gasteiger partial charge in [0.25, 0.3) is 5.91 Å². The van der Waals surface area contributed by atoms with Gasteiger partial charge < -0.3 is 10.0 Å². The molecule has 1 N–H and O–H groups in total. The van der Waals surface area contributed by atoms with Gasteiger partial charge in [-0.25, -0.2) is 4.39 Å². The SMILES string of the molecule is O=C([C@H](O)c1ccc(F)cc1)N(CCc1ccc(C(F)(F)F)cn1)c1ccc(C2CC2)cc1. The van der Waals surface area contributed by atoms with Gasteiger partial charge in [0.15, 0.2) is 6.10 Å². The van der Waals surface area contributed by atoms with Crippen molar-refractivity contribution in [1.29, 1.82) is 0 Å². The predicted molar refractivity (Wildman–Crippen MR) is 115 cm³/mol. The zero-order valence-electron chi connectivity index (χ0n) is 17.6. The molecule has 33 heavy (non-hydrogen) atoms. The van der Waals surface area contributed by atoms with E-state index in [2.05, 4.69) is 4.98 Å². The van der Waals surface area contributed by atoms with Crippen LogP contribution in [0.5, 0.6) is 0 Å². The van der Waals surface area contributed by atoms with Gasteiger partial charge in [-0.15, -0.1) is 0 Å². The van der Waals surface area contributed by atoms with Crippen LogP contribution in [0.3, 0.4) is 0 Å². The molecular weight excluding hydrogens is 436 g/mol. The standard InChI is InChI=1S/C25H22F4N2O2/c26-20-8-3-18(4-9-20)23(32)24(33)31(22-11-5-17(6-12-22)16-1-2-16)14-13-21-10-7-19(15-30-21)25(27,28)29/h3-12,15-16,23,32H,1-2,13-14H2/t23-/m1/s1. The fourth-order valence-electron chi connectivity index (χ4n) is 3.61. The number of hydrogen-bond acceptors (Lipinski definition) is 3. The Balaban J connectivity index is 1.55. The number of nitrogens with zero attached hydrogens (tertiary/aromatic N) is 2. The lowest BCUT2D eigenvalue weighted by Crippen LogP contribution is -2.37. The second-order valence-corrected chi connectivity index (χ2v) is 8.10. The Kier molecular flexibility index (Phi) is 6.47. The van der Waals surface area contributed by atoms with Gasteiger partial charge in [-0.3, -0.25) is 9.78 Å². The number of anilines is 1. The molecule has 8 heteroatoms. The minimum absolute atomic E-state index is 0.0955. The van der Waals surface area contributed by atoms with Crippen molar-refractivity contribution in [3.05, 3.63) is 95.1 Å². The Morgan fingerprint density at radius 3 is 2.24 bits per heavy atom. The molecule has 0 saturated heterocycles. The fourth-order valence-corrected chi connectivity index (χ4v) is 3.61. The molecule has 0 radical (unpaired) electrons. The summed E-state index contributed by atoms with van der Waals surface area (Å²) in [4.78, 5) is 18.4. The molecule has 1 fully saturated rings. The number of benzene rings is 2. The molecule has 4 nitrogen and oxygen atoms in total. The molecule has 0 bridgehead atoms. The number of pyridine rings is 1. The summed E-state index contributed by atoms with van der Waals surface area (Å²) in [7, 11) is 0. The number of carbonyl (C=O) groups excluding carboxylic acids is 1. The number of rotatable bonds is 7. The van der Waals surface area contributed by atoms with Gasteiger partial charge in [0.2, 0.25) is 0 Å². The van der Waals surface area contributed by atoms with Crippen molar-refractivity contribution >= 4 is 11.6 Å². The maximum atomic E-state index is 13.2. The van der Waals surface area contributed by atoms with E-state index in [1.807, 2.05) is 12.1 Å². The van der Waals surface area contributed by atoms with E-state index in [4.69, 9.17) is 0 Å². The normalized spacial score (nSPS) is 14.7. The predicted octanol–water partition coefficient (Wildman–Crippen LogP) is 5.43. The summed E-state index contributed by atoms with van der Waals surface area (Å²) in [5.41, 5.74) is 1.51. The molecule has 1 aliphatic carbocycles. The lowest BCUT2D eigenvalue weighted by atomic mass is 10.1. The van der Waals surface area contributed by atoms with Gasteiger partial charge in [-0.05, 0) is 66.3 Å². The summed E-state index contributed by atoms with van der Waals surface area (Å²) >= 11 is 0. The van der Waals surface area contributed by atoms with Crippen LogP contribution in [0, 0.1) is 5.82 Å². The third-order valence-electron chi connectivity index (χ3n) is 5.68. The highest BCUT2D eigenvalue weighted by Crippen LogP contribution is 2.40. The summed E-state index contributed by atoms with van der Waals surface area (Å²) in [6, 6.07) is 14.7. The van der Waals surface area contributed by atoms with Crippen molar-refractivity contribution in [2.45, 2.75) is 37.5 Å². The first-order valence-electron chi connectivity index (χ1n) is 10.6. The molecule has 0 unspecified atom stereocenters. The first-order valence-corrected chi connectivity index (χ1v) is 10.6. The maximum absolute atomic E-state index is 13.2. The van der Waals surface area contributed by atoms with Crippen LogP contribution in [-0.4, -0.2) is 22.5 Å². The van der Waals surface area contributed by atoms with E-state index in [0.29, 0.717) is 17.3 Å². The van der Waals surface area contributed by atoms with Gasteiger partial charge >= 0.3 is 6.18 Å². The Labute approximate surface area is 188 Å². The molecule has 4 rings (SSSR count). The third kappa shape index (κ3) is 5.57. The Morgan fingerprint density at radius 1 is 1.03 bits per heavy atom. The number of amides is 1. The van der Waals surface area contributed by atoms with Crippen LogP contribution < -0.4 is 4.90 Å². The van der Waals surface area contributed by atoms with Crippen LogP contribution in [-0.2, 0) is 17.4 Å². The molecule has 1 heterocycles. The molecule has 1 aromatic heterocycles. The first kappa shape index (κ1) is 22.9. The quantitative estimate of drug-likeness (QED) is 0.481. The molecular formula is C25H22F4N2O2. The van der Waals surface area contributed by atoms with Gasteiger partial charge in [0.1, 0.15) is 5.82 Å². The number of aromatic nitrogens is 1. The van der Waals surface area contributed by atoms with E-state index in [9.17, 15) is 27.5 Å². The highest BCUT2D eigenvalue weighted by Gasteiger charge is 2.31. The smallest absolute Gasteiger partial charge is 0.378 e. The minimum Gasteiger partial charge on any atom is -0.378 e. The van der Waals surface area contributed by atoms with E-state index in [0.717, 1.165) is 37.2 Å². The molecule has 0 spiro atoms. The van der Waals surface area contributed by atoms with E-state index in [1.165, 1.54) is 28.7 Å². The number of aliphatic hydroxyl groups is 1. The lowest BCUT2D eigenvalue weighted by molar-refractivity contribution is -0.137. The van der Waals surface area contributed by atoms with Crippen molar-refractivity contribution in [3.63, 3.8) is 0 Å². The van der Waals surface area contributed by atoms with Gasteiger partial charge in [-0.2, -0.15) is 13.2 Å². The van der Waals surface area contributed by atoms with Gasteiger partial charge in [-0.1, -0.05) is 24.3 Å². The molecule has 1 atom stereocenters. The van der Waals surface area contributed by atoms with Gasteiger partial charge in [0.05, 0.1) is 5.56 Å². The van der Waals surface area contributed by atoms with Gasteiger partial charge in [0, 0.05) is 30.5 Å². The molecule has 0 aliphatic heterocycles. The number of halogens is 4. The minimum atomic E-state index is -4.48. The fraction of sp³-hybridized carbons (Fsp3) is 0.280. The van der Waals surface area contributed by atoms with Crippen molar-refractivity contribution < 1.29 is 27.5 Å². The van der Waals surface area contributed by atoms with Crippen molar-refractivity contribution in [2.75, 3.05) is 11.4 Å². The summed E-state index contributed by atoms with van der Waals surface area (Å²) in [5, 5.41) is 10.6. The van der Waals surface area contributed by atoms with Crippen molar-refractivity contribution in [3.8, 4) is 0 Å². The Morgan fingerprint density at radius 2 is 1.70 bits per heavy atom. The molecule has 3 aromatic rings. The van der Waals surface area contributed by atoms with E-state index < -0.39 is 29.6 Å². The monoisotopic (exact) mass is 458 g/mol. The molecule has 1 aliphatic rings. The average molecular weight is 458 g/mol. The number of alkyl halides is 3. The first-order chi connectivity index (χ1) is 15.7. The van der Waals surface area contributed by atoms with E-state index in [-0.39, 0.29) is 18.5 Å². The second kappa shape index (κ2) is 9.31. The number of hydrogen-bond donors (Lipinski definition) is 1. The molecule has 2 aromatic carbocycles. The average Bonchev–Trinajstić information content (AvgIpc) is 3.65. The summed E-state index contributed by atoms with van der Waals surface area (Å²) in [5.74, 6) is -0.573. The summed E-state index contributed by atoms with van der Waals surface area (Å²) in [6.07, 6.45) is -2.79. The van der Waals surface area contributed by atoms with Crippen LogP contribution in [0.15, 0.2) is 66.9 Å². The van der Waals surface area contributed by atoms with Crippen LogP contribution in [0.25, 0.3) is 0 Å². The van der Waals surface area contributed by atoms with E-state index in [1.54, 1.807) is 12.1 Å². The molecule has 1 saturated carbocycles. The second-order valence-electron chi connectivity index (χ2n) is 8.10. The van der Waals surface area contributed by atoms with Crippen LogP contribution in [0.1, 0.15) is 47.2 Å². The Hall–Kier alpha value is -3.26. The largest absolute Gasteiger partial charge is 0.417 e. The number of carbonyl (C=O) groups is 1. The van der Waals surface area contributed by atoms with Crippen LogP contribution in [0.4, 0.5) is 23.2 Å². The molecule has 1 amide bonds. The highest BCUT2D eigenvalue weighted by atomic mass is 19.4. The summed E-state index contributed by atoms with van der Waals surface area (Å²) in [6.45, 7) is 0.0955. The maximum Gasteiger partial charge on any atom is 0.417 e. The number of aliphatic hydroxyl groups excluding tert-OH is 1. The zero-order valence-corrected chi connectivity index (χ0v) is 17.6. The van der Waals surface area contributed by atoms with Crippen LogP contribution in [0.2, 0.25) is 0 Å². The Bertz CT molecular complexity index is 1090. The molecule has 172 valence electrons. The summed E-state index contributed by atoms with van der Waals surface area (Å²) < 4.78 is 51.6. The van der Waals surface area contributed by atoms with Crippen molar-refractivity contribution in [1.82, 2.24) is 4.98 Å². The topological polar surface area (TPSA) is 53.4 Å². The van der Waals surface area contributed by atoms with Crippen LogP contribution >= 0.6 is 0 Å². The lowest BCUT2D eigenvalue weighted by Gasteiger charge is -2.26. The van der Waals surface area contributed by atoms with Crippen molar-refractivity contribution in [2.24, 2.45) is 0 Å².